The molecule has 0 bridgehead atoms. The van der Waals surface area contributed by atoms with Gasteiger partial charge in [-0.05, 0) is 25.0 Å². The molecule has 2 atom stereocenters. The Morgan fingerprint density at radius 1 is 1.36 bits per heavy atom. The van der Waals surface area contributed by atoms with Crippen LogP contribution in [0.5, 0.6) is 5.75 Å². The quantitative estimate of drug-likeness (QED) is 0.800. The average molecular weight is 195 g/mol. The van der Waals surface area contributed by atoms with Crippen LogP contribution in [0.15, 0.2) is 24.3 Å². The van der Waals surface area contributed by atoms with Crippen molar-refractivity contribution in [2.75, 3.05) is 12.4 Å². The molecule has 0 aromatic heterocycles. The smallest absolute Gasteiger partial charge is 0.141 e. The highest BCUT2D eigenvalue weighted by Gasteiger charge is 2.30. The lowest BCUT2D eigenvalue weighted by Gasteiger charge is -2.32. The summed E-state index contributed by atoms with van der Waals surface area (Å²) in [4.78, 5) is 0. The molecule has 1 aromatic carbocycles. The van der Waals surface area contributed by atoms with Crippen LogP contribution in [-0.2, 0) is 0 Å². The van der Waals surface area contributed by atoms with Gasteiger partial charge in [0.2, 0.25) is 0 Å². The number of methoxy groups -OCH3 is 1. The van der Waals surface area contributed by atoms with E-state index in [-0.39, 0.29) is 6.04 Å². The summed E-state index contributed by atoms with van der Waals surface area (Å²) in [5.74, 6) is 0.770. The molecular formula is C11H14FNO. The van der Waals surface area contributed by atoms with Gasteiger partial charge in [0, 0.05) is 0 Å². The fourth-order valence-corrected chi connectivity index (χ4v) is 1.59. The lowest BCUT2D eigenvalue weighted by molar-refractivity contribution is 0.186. The van der Waals surface area contributed by atoms with E-state index in [1.54, 1.807) is 7.11 Å². The number of rotatable bonds is 3. The van der Waals surface area contributed by atoms with Gasteiger partial charge in [0.1, 0.15) is 11.9 Å². The van der Waals surface area contributed by atoms with E-state index in [1.807, 2.05) is 24.3 Å². The van der Waals surface area contributed by atoms with Crippen molar-refractivity contribution in [1.82, 2.24) is 0 Å². The van der Waals surface area contributed by atoms with Gasteiger partial charge >= 0.3 is 0 Å². The first kappa shape index (κ1) is 9.31. The van der Waals surface area contributed by atoms with Crippen LogP contribution in [0, 0.1) is 0 Å². The SMILES string of the molecule is COc1ccccc1NC1CCC1F. The molecule has 76 valence electrons. The Morgan fingerprint density at radius 2 is 2.14 bits per heavy atom. The van der Waals surface area contributed by atoms with Crippen molar-refractivity contribution >= 4 is 5.69 Å². The van der Waals surface area contributed by atoms with Crippen LogP contribution in [0.1, 0.15) is 12.8 Å². The van der Waals surface area contributed by atoms with Crippen molar-refractivity contribution < 1.29 is 9.13 Å². The van der Waals surface area contributed by atoms with E-state index in [0.29, 0.717) is 6.42 Å². The van der Waals surface area contributed by atoms with Crippen LogP contribution in [-0.4, -0.2) is 19.3 Å². The normalized spacial score (nSPS) is 25.3. The molecule has 1 aliphatic carbocycles. The first-order chi connectivity index (χ1) is 6.81. The van der Waals surface area contributed by atoms with Crippen LogP contribution in [0.25, 0.3) is 0 Å². The molecule has 0 saturated heterocycles. The zero-order valence-corrected chi connectivity index (χ0v) is 8.16. The fourth-order valence-electron chi connectivity index (χ4n) is 1.59. The minimum atomic E-state index is -0.708. The number of hydrogen-bond donors (Lipinski definition) is 1. The monoisotopic (exact) mass is 195 g/mol. The Labute approximate surface area is 83.1 Å². The maximum Gasteiger partial charge on any atom is 0.141 e. The summed E-state index contributed by atoms with van der Waals surface area (Å²) in [7, 11) is 1.62. The third kappa shape index (κ3) is 1.67. The molecular weight excluding hydrogens is 181 g/mol. The number of para-hydroxylation sites is 2. The Bertz CT molecular complexity index is 316. The third-order valence-corrected chi connectivity index (χ3v) is 2.64. The average Bonchev–Trinajstić information content (AvgIpc) is 2.24. The van der Waals surface area contributed by atoms with Crippen molar-refractivity contribution in [3.63, 3.8) is 0 Å². The van der Waals surface area contributed by atoms with Crippen molar-refractivity contribution in [1.29, 1.82) is 0 Å². The number of benzene rings is 1. The Hall–Kier alpha value is -1.25. The van der Waals surface area contributed by atoms with Crippen LogP contribution < -0.4 is 10.1 Å². The predicted molar refractivity (Wildman–Crippen MR) is 54.5 cm³/mol. The van der Waals surface area contributed by atoms with E-state index >= 15 is 0 Å². The van der Waals surface area contributed by atoms with Gasteiger partial charge in [0.05, 0.1) is 18.8 Å². The summed E-state index contributed by atoms with van der Waals surface area (Å²) >= 11 is 0. The Balaban J connectivity index is 2.07. The van der Waals surface area contributed by atoms with Gasteiger partial charge < -0.3 is 10.1 Å². The van der Waals surface area contributed by atoms with Gasteiger partial charge in [-0.3, -0.25) is 0 Å². The molecule has 14 heavy (non-hydrogen) atoms. The Kier molecular flexibility index (Phi) is 2.57. The lowest BCUT2D eigenvalue weighted by atomic mass is 9.90. The molecule has 1 aromatic rings. The number of nitrogens with one attached hydrogen (secondary N) is 1. The molecule has 0 spiro atoms. The predicted octanol–water partition coefficient (Wildman–Crippen LogP) is 2.61. The second-order valence-corrected chi connectivity index (χ2v) is 3.54. The highest BCUT2D eigenvalue weighted by atomic mass is 19.1. The molecule has 3 heteroatoms. The largest absolute Gasteiger partial charge is 0.495 e. The molecule has 2 nitrogen and oxygen atoms in total. The zero-order valence-electron chi connectivity index (χ0n) is 8.16. The fraction of sp³-hybridized carbons (Fsp3) is 0.455. The first-order valence-electron chi connectivity index (χ1n) is 4.85. The molecule has 0 aliphatic heterocycles. The number of anilines is 1. The van der Waals surface area contributed by atoms with Gasteiger partial charge in [-0.15, -0.1) is 0 Å². The summed E-state index contributed by atoms with van der Waals surface area (Å²) in [6, 6.07) is 7.55. The van der Waals surface area contributed by atoms with E-state index in [9.17, 15) is 4.39 Å². The van der Waals surface area contributed by atoms with Crippen LogP contribution in [0.2, 0.25) is 0 Å². The highest BCUT2D eigenvalue weighted by molar-refractivity contribution is 5.57. The van der Waals surface area contributed by atoms with Gasteiger partial charge in [0.25, 0.3) is 0 Å². The third-order valence-electron chi connectivity index (χ3n) is 2.64. The topological polar surface area (TPSA) is 21.3 Å². The molecule has 1 aliphatic rings. The minimum Gasteiger partial charge on any atom is -0.495 e. The summed E-state index contributed by atoms with van der Waals surface area (Å²) in [6.07, 6.45) is 0.867. The van der Waals surface area contributed by atoms with Gasteiger partial charge in [-0.1, -0.05) is 12.1 Å². The van der Waals surface area contributed by atoms with Crippen molar-refractivity contribution in [3.05, 3.63) is 24.3 Å². The van der Waals surface area contributed by atoms with Gasteiger partial charge in [-0.2, -0.15) is 0 Å². The van der Waals surface area contributed by atoms with E-state index in [2.05, 4.69) is 5.32 Å². The van der Waals surface area contributed by atoms with Gasteiger partial charge in [-0.25, -0.2) is 4.39 Å². The molecule has 2 rings (SSSR count). The lowest BCUT2D eigenvalue weighted by Crippen LogP contribution is -2.39. The summed E-state index contributed by atoms with van der Waals surface area (Å²) < 4.78 is 18.2. The van der Waals surface area contributed by atoms with E-state index in [1.165, 1.54) is 0 Å². The van der Waals surface area contributed by atoms with Crippen LogP contribution in [0.4, 0.5) is 10.1 Å². The molecule has 0 heterocycles. The standard InChI is InChI=1S/C11H14FNO/c1-14-11-5-3-2-4-10(11)13-9-7-6-8(9)12/h2-5,8-9,13H,6-7H2,1H3. The van der Waals surface area contributed by atoms with E-state index in [0.717, 1.165) is 17.9 Å². The van der Waals surface area contributed by atoms with Crippen molar-refractivity contribution in [2.24, 2.45) is 0 Å². The van der Waals surface area contributed by atoms with Crippen LogP contribution >= 0.6 is 0 Å². The van der Waals surface area contributed by atoms with Crippen molar-refractivity contribution in [2.45, 2.75) is 25.1 Å². The number of halogens is 1. The second kappa shape index (κ2) is 3.86. The van der Waals surface area contributed by atoms with Crippen molar-refractivity contribution in [3.8, 4) is 5.75 Å². The first-order valence-corrected chi connectivity index (χ1v) is 4.85. The summed E-state index contributed by atoms with van der Waals surface area (Å²) in [5.41, 5.74) is 0.877. The van der Waals surface area contributed by atoms with E-state index in [4.69, 9.17) is 4.74 Å². The molecule has 0 radical (unpaired) electrons. The molecule has 2 unspecified atom stereocenters. The zero-order chi connectivity index (χ0) is 9.97. The van der Waals surface area contributed by atoms with E-state index < -0.39 is 6.17 Å². The summed E-state index contributed by atoms with van der Waals surface area (Å²) in [6.45, 7) is 0. The minimum absolute atomic E-state index is 0.0358. The Morgan fingerprint density at radius 3 is 2.71 bits per heavy atom. The molecule has 1 fully saturated rings. The molecule has 1 N–H and O–H groups in total. The maximum atomic E-state index is 13.0. The molecule has 0 amide bonds. The second-order valence-electron chi connectivity index (χ2n) is 3.54. The molecule has 1 saturated carbocycles. The summed E-state index contributed by atoms with van der Waals surface area (Å²) in [5, 5.41) is 3.15. The highest BCUT2D eigenvalue weighted by Crippen LogP contribution is 2.30. The number of hydrogen-bond acceptors (Lipinski definition) is 2. The maximum absolute atomic E-state index is 13.0. The number of ether oxygens (including phenoxy) is 1. The van der Waals surface area contributed by atoms with Gasteiger partial charge in [0.15, 0.2) is 0 Å². The van der Waals surface area contributed by atoms with Crippen LogP contribution in [0.3, 0.4) is 0 Å². The number of alkyl halides is 1.